The summed E-state index contributed by atoms with van der Waals surface area (Å²) < 4.78 is 26.8. The van der Waals surface area contributed by atoms with Gasteiger partial charge in [-0.05, 0) is 63.3 Å². The first-order chi connectivity index (χ1) is 12.1. The highest BCUT2D eigenvalue weighted by Gasteiger charge is 2.28. The molecule has 146 valence electrons. The van der Waals surface area contributed by atoms with Gasteiger partial charge >= 0.3 is 0 Å². The molecule has 7 heteroatoms. The van der Waals surface area contributed by atoms with Gasteiger partial charge in [0.15, 0.2) is 0 Å². The van der Waals surface area contributed by atoms with Gasteiger partial charge in [0.25, 0.3) is 0 Å². The van der Waals surface area contributed by atoms with Crippen molar-refractivity contribution in [1.29, 1.82) is 0 Å². The van der Waals surface area contributed by atoms with Gasteiger partial charge in [0, 0.05) is 24.8 Å². The summed E-state index contributed by atoms with van der Waals surface area (Å²) in [5.41, 5.74) is 0.600. The van der Waals surface area contributed by atoms with Crippen molar-refractivity contribution in [1.82, 2.24) is 9.62 Å². The Balaban J connectivity index is 2.01. The van der Waals surface area contributed by atoms with Crippen LogP contribution in [0.5, 0.6) is 0 Å². The summed E-state index contributed by atoms with van der Waals surface area (Å²) in [6.07, 6.45) is 1.20. The van der Waals surface area contributed by atoms with Crippen LogP contribution in [0.15, 0.2) is 29.2 Å². The van der Waals surface area contributed by atoms with Gasteiger partial charge in [-0.15, -0.1) is 0 Å². The Morgan fingerprint density at radius 3 is 2.12 bits per heavy atom. The third-order valence-electron chi connectivity index (χ3n) is 4.65. The quantitative estimate of drug-likeness (QED) is 0.794. The zero-order valence-electron chi connectivity index (χ0n) is 16.3. The first-order valence-corrected chi connectivity index (χ1v) is 10.7. The zero-order chi connectivity index (χ0) is 19.5. The van der Waals surface area contributed by atoms with Crippen LogP contribution in [0, 0.1) is 11.8 Å². The molecule has 26 heavy (non-hydrogen) atoms. The molecule has 3 atom stereocenters. The summed E-state index contributed by atoms with van der Waals surface area (Å²) in [5.74, 6) is 1.11. The highest BCUT2D eigenvalue weighted by atomic mass is 32.2. The fraction of sp³-hybridized carbons (Fsp3) is 0.632. The van der Waals surface area contributed by atoms with Crippen LogP contribution in [-0.4, -0.2) is 44.4 Å². The van der Waals surface area contributed by atoms with Crippen molar-refractivity contribution in [2.45, 2.75) is 58.0 Å². The molecule has 2 N–H and O–H groups in total. The minimum absolute atomic E-state index is 0.0674. The highest BCUT2D eigenvalue weighted by molar-refractivity contribution is 7.89. The lowest BCUT2D eigenvalue weighted by Gasteiger charge is -2.38. The predicted octanol–water partition coefficient (Wildman–Crippen LogP) is 2.68. The fourth-order valence-electron chi connectivity index (χ4n) is 3.54. The number of carbonyl (C=O) groups is 1. The van der Waals surface area contributed by atoms with E-state index in [2.05, 4.69) is 28.8 Å². The van der Waals surface area contributed by atoms with Crippen LogP contribution < -0.4 is 10.0 Å². The Labute approximate surface area is 157 Å². The molecule has 0 aliphatic carbocycles. The number of carbonyl (C=O) groups excluding carboxylic acids is 1. The molecule has 0 unspecified atom stereocenters. The molecule has 0 aromatic heterocycles. The van der Waals surface area contributed by atoms with Crippen LogP contribution in [0.1, 0.15) is 41.0 Å². The molecule has 1 aromatic rings. The van der Waals surface area contributed by atoms with Crippen LogP contribution in [0.3, 0.4) is 0 Å². The number of likely N-dealkylation sites (tertiary alicyclic amines) is 1. The lowest BCUT2D eigenvalue weighted by atomic mass is 9.91. The van der Waals surface area contributed by atoms with E-state index in [0.29, 0.717) is 17.5 Å². The Bertz CT molecular complexity index is 706. The van der Waals surface area contributed by atoms with Gasteiger partial charge in [-0.1, -0.05) is 13.8 Å². The summed E-state index contributed by atoms with van der Waals surface area (Å²) in [7, 11) is -3.52. The largest absolute Gasteiger partial charge is 0.325 e. The molecule has 0 radical (unpaired) electrons. The maximum Gasteiger partial charge on any atom is 0.241 e. The van der Waals surface area contributed by atoms with Crippen molar-refractivity contribution in [3.05, 3.63) is 24.3 Å². The van der Waals surface area contributed by atoms with Gasteiger partial charge in [-0.2, -0.15) is 0 Å². The molecule has 1 amide bonds. The van der Waals surface area contributed by atoms with Crippen molar-refractivity contribution in [2.75, 3.05) is 18.4 Å². The Morgan fingerprint density at radius 2 is 1.62 bits per heavy atom. The number of amides is 1. The van der Waals surface area contributed by atoms with E-state index >= 15 is 0 Å². The van der Waals surface area contributed by atoms with Crippen LogP contribution >= 0.6 is 0 Å². The average Bonchev–Trinajstić information content (AvgIpc) is 2.52. The van der Waals surface area contributed by atoms with Gasteiger partial charge in [0.05, 0.1) is 10.9 Å². The highest BCUT2D eigenvalue weighted by Crippen LogP contribution is 2.23. The Hall–Kier alpha value is -1.44. The maximum absolute atomic E-state index is 12.6. The van der Waals surface area contributed by atoms with Crippen molar-refractivity contribution in [3.8, 4) is 0 Å². The minimum atomic E-state index is -3.52. The van der Waals surface area contributed by atoms with Gasteiger partial charge in [0.1, 0.15) is 0 Å². The second-order valence-corrected chi connectivity index (χ2v) is 9.58. The molecular weight excluding hydrogens is 350 g/mol. The molecule has 1 saturated heterocycles. The van der Waals surface area contributed by atoms with Crippen molar-refractivity contribution in [2.24, 2.45) is 11.8 Å². The van der Waals surface area contributed by atoms with Gasteiger partial charge in [-0.25, -0.2) is 13.1 Å². The van der Waals surface area contributed by atoms with E-state index in [0.717, 1.165) is 13.1 Å². The number of rotatable bonds is 6. The predicted molar refractivity (Wildman–Crippen MR) is 105 cm³/mol. The summed E-state index contributed by atoms with van der Waals surface area (Å²) in [4.78, 5) is 15.0. The van der Waals surface area contributed by atoms with Crippen LogP contribution in [0.4, 0.5) is 5.69 Å². The fourth-order valence-corrected chi connectivity index (χ4v) is 4.79. The third kappa shape index (κ3) is 5.53. The van der Waals surface area contributed by atoms with E-state index in [4.69, 9.17) is 0 Å². The Morgan fingerprint density at radius 1 is 1.08 bits per heavy atom. The number of benzene rings is 1. The normalized spacial score (nSPS) is 23.0. The first kappa shape index (κ1) is 20.9. The summed E-state index contributed by atoms with van der Waals surface area (Å²) in [6, 6.07) is 5.88. The number of nitrogens with one attached hydrogen (secondary N) is 2. The summed E-state index contributed by atoms with van der Waals surface area (Å²) in [5, 5.41) is 2.89. The zero-order valence-corrected chi connectivity index (χ0v) is 17.1. The van der Waals surface area contributed by atoms with E-state index in [1.54, 1.807) is 26.0 Å². The number of hydrogen-bond donors (Lipinski definition) is 2. The monoisotopic (exact) mass is 381 g/mol. The second-order valence-electron chi connectivity index (χ2n) is 7.87. The topological polar surface area (TPSA) is 78.5 Å². The smallest absolute Gasteiger partial charge is 0.241 e. The standard InChI is InChI=1S/C19H31N3O3S/c1-13(2)21-26(24,25)18-8-6-17(7-9-18)20-19(23)16(5)22-11-14(3)10-15(4)12-22/h6-9,13-16,21H,10-12H2,1-5H3,(H,20,23)/t14-,15-,16+/m1/s1. The number of piperidine rings is 1. The number of nitrogens with zero attached hydrogens (tertiary/aromatic N) is 1. The lowest BCUT2D eigenvalue weighted by Crippen LogP contribution is -2.48. The van der Waals surface area contributed by atoms with E-state index < -0.39 is 10.0 Å². The van der Waals surface area contributed by atoms with Crippen LogP contribution in [0.2, 0.25) is 0 Å². The average molecular weight is 382 g/mol. The molecule has 0 saturated carbocycles. The first-order valence-electron chi connectivity index (χ1n) is 9.25. The number of hydrogen-bond acceptors (Lipinski definition) is 4. The SMILES string of the molecule is CC(C)NS(=O)(=O)c1ccc(NC(=O)[C@H](C)N2C[C@H](C)C[C@@H](C)C2)cc1. The summed E-state index contributed by atoms with van der Waals surface area (Å²) in [6.45, 7) is 11.8. The molecule has 1 aliphatic rings. The molecule has 1 heterocycles. The Kier molecular flexibility index (Phi) is 6.82. The van der Waals surface area contributed by atoms with E-state index in [-0.39, 0.29) is 22.9 Å². The van der Waals surface area contributed by atoms with Crippen LogP contribution in [-0.2, 0) is 14.8 Å². The minimum Gasteiger partial charge on any atom is -0.325 e. The third-order valence-corrected chi connectivity index (χ3v) is 6.32. The van der Waals surface area contributed by atoms with E-state index in [1.807, 2.05) is 6.92 Å². The number of sulfonamides is 1. The van der Waals surface area contributed by atoms with E-state index in [1.165, 1.54) is 18.6 Å². The second kappa shape index (κ2) is 8.50. The van der Waals surface area contributed by atoms with E-state index in [9.17, 15) is 13.2 Å². The molecule has 0 bridgehead atoms. The van der Waals surface area contributed by atoms with Gasteiger partial charge < -0.3 is 5.32 Å². The van der Waals surface area contributed by atoms with Gasteiger partial charge in [0.2, 0.25) is 15.9 Å². The molecule has 1 aromatic carbocycles. The van der Waals surface area contributed by atoms with Crippen LogP contribution in [0.25, 0.3) is 0 Å². The van der Waals surface area contributed by atoms with Crippen molar-refractivity contribution in [3.63, 3.8) is 0 Å². The summed E-state index contributed by atoms with van der Waals surface area (Å²) >= 11 is 0. The van der Waals surface area contributed by atoms with Gasteiger partial charge in [-0.3, -0.25) is 9.69 Å². The maximum atomic E-state index is 12.6. The van der Waals surface area contributed by atoms with Crippen molar-refractivity contribution < 1.29 is 13.2 Å². The number of anilines is 1. The molecular formula is C19H31N3O3S. The molecule has 2 rings (SSSR count). The molecule has 0 spiro atoms. The van der Waals surface area contributed by atoms with Crippen molar-refractivity contribution >= 4 is 21.6 Å². The lowest BCUT2D eigenvalue weighted by molar-refractivity contribution is -0.121. The molecule has 6 nitrogen and oxygen atoms in total. The molecule has 1 aliphatic heterocycles. The molecule has 1 fully saturated rings.